The highest BCUT2D eigenvalue weighted by Gasteiger charge is 2.16. The molecule has 3 nitrogen and oxygen atoms in total. The van der Waals surface area contributed by atoms with Crippen molar-refractivity contribution in [2.75, 3.05) is 0 Å². The van der Waals surface area contributed by atoms with Gasteiger partial charge in [-0.05, 0) is 25.3 Å². The SMILES string of the molecule is CC(=O)OC(CCc1ccccc1)C(C)=O. The predicted molar refractivity (Wildman–Crippen MR) is 61.0 cm³/mol. The molecule has 1 aromatic rings. The molecule has 1 atom stereocenters. The maximum absolute atomic E-state index is 11.2. The Morgan fingerprint density at radius 2 is 1.81 bits per heavy atom. The van der Waals surface area contributed by atoms with Gasteiger partial charge in [-0.25, -0.2) is 0 Å². The molecule has 0 saturated carbocycles. The second-order valence-electron chi connectivity index (χ2n) is 3.73. The minimum Gasteiger partial charge on any atom is -0.455 e. The van der Waals surface area contributed by atoms with Gasteiger partial charge in [0.25, 0.3) is 0 Å². The lowest BCUT2D eigenvalue weighted by Crippen LogP contribution is -2.24. The summed E-state index contributed by atoms with van der Waals surface area (Å²) in [6.07, 6.45) is 0.662. The molecule has 0 aliphatic carbocycles. The zero-order valence-corrected chi connectivity index (χ0v) is 9.60. The number of ketones is 1. The van der Waals surface area contributed by atoms with Crippen LogP contribution in [0.1, 0.15) is 25.8 Å². The first-order chi connectivity index (χ1) is 7.59. The molecule has 0 bridgehead atoms. The van der Waals surface area contributed by atoms with Gasteiger partial charge in [-0.15, -0.1) is 0 Å². The van der Waals surface area contributed by atoms with Crippen LogP contribution in [0.15, 0.2) is 30.3 Å². The van der Waals surface area contributed by atoms with Crippen LogP contribution in [-0.4, -0.2) is 17.9 Å². The van der Waals surface area contributed by atoms with Crippen LogP contribution in [0.5, 0.6) is 0 Å². The summed E-state index contributed by atoms with van der Waals surface area (Å²) in [4.78, 5) is 22.0. The average molecular weight is 220 g/mol. The number of carbonyl (C=O) groups is 2. The summed E-state index contributed by atoms with van der Waals surface area (Å²) in [7, 11) is 0. The molecule has 0 spiro atoms. The van der Waals surface area contributed by atoms with Crippen LogP contribution in [0.3, 0.4) is 0 Å². The number of ether oxygens (including phenoxy) is 1. The molecule has 3 heteroatoms. The van der Waals surface area contributed by atoms with Crippen LogP contribution in [-0.2, 0) is 20.7 Å². The largest absolute Gasteiger partial charge is 0.455 e. The van der Waals surface area contributed by atoms with E-state index in [4.69, 9.17) is 4.74 Å². The molecular weight excluding hydrogens is 204 g/mol. The first-order valence-electron chi connectivity index (χ1n) is 5.31. The molecule has 1 rings (SSSR count). The first-order valence-corrected chi connectivity index (χ1v) is 5.31. The maximum Gasteiger partial charge on any atom is 0.303 e. The van der Waals surface area contributed by atoms with E-state index in [1.54, 1.807) is 0 Å². The highest BCUT2D eigenvalue weighted by atomic mass is 16.5. The summed E-state index contributed by atoms with van der Waals surface area (Å²) in [5.74, 6) is -0.514. The van der Waals surface area contributed by atoms with E-state index in [0.717, 1.165) is 12.0 Å². The Bertz CT molecular complexity index is 357. The van der Waals surface area contributed by atoms with E-state index in [2.05, 4.69) is 0 Å². The summed E-state index contributed by atoms with van der Waals surface area (Å²) in [5.41, 5.74) is 1.14. The van der Waals surface area contributed by atoms with Gasteiger partial charge in [0, 0.05) is 6.92 Å². The van der Waals surface area contributed by atoms with Gasteiger partial charge in [-0.2, -0.15) is 0 Å². The van der Waals surface area contributed by atoms with Crippen molar-refractivity contribution in [2.45, 2.75) is 32.8 Å². The molecule has 86 valence electrons. The van der Waals surface area contributed by atoms with Crippen LogP contribution in [0.2, 0.25) is 0 Å². The number of aryl methyl sites for hydroxylation is 1. The van der Waals surface area contributed by atoms with Crippen LogP contribution in [0.25, 0.3) is 0 Å². The van der Waals surface area contributed by atoms with Crippen LogP contribution < -0.4 is 0 Å². The van der Waals surface area contributed by atoms with E-state index in [-0.39, 0.29) is 5.78 Å². The Morgan fingerprint density at radius 1 is 1.19 bits per heavy atom. The van der Waals surface area contributed by atoms with Crippen molar-refractivity contribution in [3.8, 4) is 0 Å². The Hall–Kier alpha value is -1.64. The van der Waals surface area contributed by atoms with Crippen molar-refractivity contribution >= 4 is 11.8 Å². The molecule has 0 aliphatic rings. The van der Waals surface area contributed by atoms with Crippen LogP contribution in [0, 0.1) is 0 Å². The van der Waals surface area contributed by atoms with E-state index in [0.29, 0.717) is 6.42 Å². The van der Waals surface area contributed by atoms with E-state index < -0.39 is 12.1 Å². The van der Waals surface area contributed by atoms with Crippen molar-refractivity contribution in [3.05, 3.63) is 35.9 Å². The van der Waals surface area contributed by atoms with E-state index in [9.17, 15) is 9.59 Å². The maximum atomic E-state index is 11.2. The lowest BCUT2D eigenvalue weighted by molar-refractivity contribution is -0.152. The molecule has 0 heterocycles. The molecule has 0 saturated heterocycles. The molecule has 0 radical (unpaired) electrons. The minimum absolute atomic E-state index is 0.105. The second kappa shape index (κ2) is 6.05. The highest BCUT2D eigenvalue weighted by Crippen LogP contribution is 2.08. The first kappa shape index (κ1) is 12.4. The number of rotatable bonds is 5. The van der Waals surface area contributed by atoms with Crippen molar-refractivity contribution in [2.24, 2.45) is 0 Å². The van der Waals surface area contributed by atoms with Crippen molar-refractivity contribution in [1.82, 2.24) is 0 Å². The Balaban J connectivity index is 2.50. The van der Waals surface area contributed by atoms with Gasteiger partial charge in [-0.3, -0.25) is 9.59 Å². The fraction of sp³-hybridized carbons (Fsp3) is 0.385. The summed E-state index contributed by atoms with van der Waals surface area (Å²) < 4.78 is 4.95. The van der Waals surface area contributed by atoms with Crippen LogP contribution >= 0.6 is 0 Å². The monoisotopic (exact) mass is 220 g/mol. The Morgan fingerprint density at radius 3 is 2.31 bits per heavy atom. The number of esters is 1. The molecule has 0 amide bonds. The summed E-state index contributed by atoms with van der Waals surface area (Å²) in [6, 6.07) is 9.82. The molecule has 16 heavy (non-hydrogen) atoms. The number of hydrogen-bond acceptors (Lipinski definition) is 3. The van der Waals surface area contributed by atoms with Gasteiger partial charge in [-0.1, -0.05) is 30.3 Å². The highest BCUT2D eigenvalue weighted by molar-refractivity contribution is 5.83. The lowest BCUT2D eigenvalue weighted by atomic mass is 10.0. The van der Waals surface area contributed by atoms with Crippen molar-refractivity contribution in [3.63, 3.8) is 0 Å². The van der Waals surface area contributed by atoms with Gasteiger partial charge in [0.05, 0.1) is 0 Å². The fourth-order valence-corrected chi connectivity index (χ4v) is 1.49. The quantitative estimate of drug-likeness (QED) is 0.714. The second-order valence-corrected chi connectivity index (χ2v) is 3.73. The zero-order valence-electron chi connectivity index (χ0n) is 9.60. The standard InChI is InChI=1S/C13H16O3/c1-10(14)13(16-11(2)15)9-8-12-6-4-3-5-7-12/h3-7,13H,8-9H2,1-2H3. The normalized spacial score (nSPS) is 11.9. The molecule has 0 fully saturated rings. The lowest BCUT2D eigenvalue weighted by Gasteiger charge is -2.13. The molecule has 0 N–H and O–H groups in total. The predicted octanol–water partition coefficient (Wildman–Crippen LogP) is 2.14. The Kier molecular flexibility index (Phi) is 4.70. The molecule has 0 aromatic heterocycles. The topological polar surface area (TPSA) is 43.4 Å². The number of Topliss-reactive ketones (excluding diaryl/α,β-unsaturated/α-hetero) is 1. The summed E-state index contributed by atoms with van der Waals surface area (Å²) in [6.45, 7) is 2.76. The molecule has 1 aromatic carbocycles. The van der Waals surface area contributed by atoms with E-state index >= 15 is 0 Å². The molecular formula is C13H16O3. The summed E-state index contributed by atoms with van der Waals surface area (Å²) in [5, 5.41) is 0. The third-order valence-corrected chi connectivity index (χ3v) is 2.30. The van der Waals surface area contributed by atoms with Crippen molar-refractivity contribution < 1.29 is 14.3 Å². The number of benzene rings is 1. The number of carbonyl (C=O) groups excluding carboxylic acids is 2. The third kappa shape index (κ3) is 4.26. The fourth-order valence-electron chi connectivity index (χ4n) is 1.49. The minimum atomic E-state index is -0.613. The smallest absolute Gasteiger partial charge is 0.303 e. The van der Waals surface area contributed by atoms with Gasteiger partial charge in [0.15, 0.2) is 11.9 Å². The average Bonchev–Trinajstić information content (AvgIpc) is 2.25. The zero-order chi connectivity index (χ0) is 12.0. The third-order valence-electron chi connectivity index (χ3n) is 2.30. The van der Waals surface area contributed by atoms with E-state index in [1.807, 2.05) is 30.3 Å². The van der Waals surface area contributed by atoms with Gasteiger partial charge in [0.1, 0.15) is 0 Å². The number of hydrogen-bond donors (Lipinski definition) is 0. The van der Waals surface area contributed by atoms with Crippen LogP contribution in [0.4, 0.5) is 0 Å². The molecule has 0 aliphatic heterocycles. The van der Waals surface area contributed by atoms with Gasteiger partial charge >= 0.3 is 5.97 Å². The van der Waals surface area contributed by atoms with E-state index in [1.165, 1.54) is 13.8 Å². The van der Waals surface area contributed by atoms with Gasteiger partial charge < -0.3 is 4.74 Å². The Labute approximate surface area is 95.4 Å². The van der Waals surface area contributed by atoms with Gasteiger partial charge in [0.2, 0.25) is 0 Å². The molecule has 1 unspecified atom stereocenters. The summed E-state index contributed by atoms with van der Waals surface area (Å²) >= 11 is 0. The van der Waals surface area contributed by atoms with Crippen molar-refractivity contribution in [1.29, 1.82) is 0 Å².